The van der Waals surface area contributed by atoms with Gasteiger partial charge in [-0.25, -0.2) is 0 Å². The summed E-state index contributed by atoms with van der Waals surface area (Å²) in [4.78, 5) is 2.53. The molecule has 2 rings (SSSR count). The van der Waals surface area contributed by atoms with Crippen molar-refractivity contribution in [3.05, 3.63) is 0 Å². The van der Waals surface area contributed by atoms with Crippen LogP contribution >= 0.6 is 0 Å². The molecule has 2 aliphatic heterocycles. The summed E-state index contributed by atoms with van der Waals surface area (Å²) in [6.45, 7) is 7.57. The molecule has 0 amide bonds. The lowest BCUT2D eigenvalue weighted by molar-refractivity contribution is 0.0487. The van der Waals surface area contributed by atoms with E-state index in [-0.39, 0.29) is 0 Å². The van der Waals surface area contributed by atoms with Crippen LogP contribution in [0.1, 0.15) is 26.2 Å². The average molecular weight is 242 g/mol. The molecular formula is C13H26N2O2. The summed E-state index contributed by atoms with van der Waals surface area (Å²) in [7, 11) is 0. The smallest absolute Gasteiger partial charge is 0.0620 e. The summed E-state index contributed by atoms with van der Waals surface area (Å²) >= 11 is 0. The van der Waals surface area contributed by atoms with E-state index in [1.54, 1.807) is 0 Å². The van der Waals surface area contributed by atoms with E-state index >= 15 is 0 Å². The monoisotopic (exact) mass is 242 g/mol. The Morgan fingerprint density at radius 3 is 3.12 bits per heavy atom. The molecule has 17 heavy (non-hydrogen) atoms. The van der Waals surface area contributed by atoms with Gasteiger partial charge in [-0.3, -0.25) is 0 Å². The molecular weight excluding hydrogens is 216 g/mol. The second-order valence-electron chi connectivity index (χ2n) is 5.50. The van der Waals surface area contributed by atoms with Crippen molar-refractivity contribution in [2.24, 2.45) is 5.92 Å². The maximum atomic E-state index is 9.25. The van der Waals surface area contributed by atoms with Crippen molar-refractivity contribution in [3.8, 4) is 0 Å². The Morgan fingerprint density at radius 2 is 2.41 bits per heavy atom. The second kappa shape index (κ2) is 6.69. The van der Waals surface area contributed by atoms with E-state index in [1.807, 2.05) is 0 Å². The number of aliphatic hydroxyl groups excluding tert-OH is 1. The number of hydrogen-bond donors (Lipinski definition) is 2. The number of aliphatic hydroxyl groups is 1. The Labute approximate surface area is 104 Å². The Morgan fingerprint density at radius 1 is 1.53 bits per heavy atom. The van der Waals surface area contributed by atoms with E-state index in [0.29, 0.717) is 24.6 Å². The van der Waals surface area contributed by atoms with Crippen LogP contribution < -0.4 is 5.32 Å². The van der Waals surface area contributed by atoms with E-state index in [1.165, 1.54) is 19.4 Å². The minimum Gasteiger partial charge on any atom is -0.396 e. The van der Waals surface area contributed by atoms with Crippen molar-refractivity contribution in [1.29, 1.82) is 0 Å². The predicted molar refractivity (Wildman–Crippen MR) is 68.1 cm³/mol. The number of morpholine rings is 1. The lowest BCUT2D eigenvalue weighted by atomic mass is 9.96. The molecule has 0 spiro atoms. The van der Waals surface area contributed by atoms with Gasteiger partial charge in [-0.1, -0.05) is 0 Å². The second-order valence-corrected chi connectivity index (χ2v) is 5.50. The first-order valence-corrected chi connectivity index (χ1v) is 6.95. The zero-order valence-electron chi connectivity index (χ0n) is 10.9. The summed E-state index contributed by atoms with van der Waals surface area (Å²) in [5, 5.41) is 12.8. The van der Waals surface area contributed by atoms with Crippen molar-refractivity contribution in [2.75, 3.05) is 39.5 Å². The molecule has 2 saturated heterocycles. The molecule has 0 aromatic heterocycles. The molecule has 2 N–H and O–H groups in total. The topological polar surface area (TPSA) is 44.7 Å². The lowest BCUT2D eigenvalue weighted by Gasteiger charge is -2.38. The average Bonchev–Trinajstić information content (AvgIpc) is 2.40. The van der Waals surface area contributed by atoms with Gasteiger partial charge in [0.1, 0.15) is 0 Å². The highest BCUT2D eigenvalue weighted by atomic mass is 16.5. The fraction of sp³-hybridized carbons (Fsp3) is 1.00. The standard InChI is InChI=1S/C13H26N2O2/c1-11(7-13-10-17-6-4-14-13)15-5-2-3-12(8-15)9-16/h11-14,16H,2-10H2,1H3. The van der Waals surface area contributed by atoms with Crippen LogP contribution in [0.3, 0.4) is 0 Å². The summed E-state index contributed by atoms with van der Waals surface area (Å²) in [6.07, 6.45) is 3.56. The molecule has 0 aliphatic carbocycles. The van der Waals surface area contributed by atoms with E-state index in [4.69, 9.17) is 4.74 Å². The zero-order chi connectivity index (χ0) is 12.1. The van der Waals surface area contributed by atoms with Gasteiger partial charge in [-0.2, -0.15) is 0 Å². The van der Waals surface area contributed by atoms with Crippen LogP contribution in [0.4, 0.5) is 0 Å². The van der Waals surface area contributed by atoms with Crippen molar-refractivity contribution < 1.29 is 9.84 Å². The molecule has 3 unspecified atom stereocenters. The van der Waals surface area contributed by atoms with Crippen LogP contribution in [0.2, 0.25) is 0 Å². The molecule has 0 bridgehead atoms. The van der Waals surface area contributed by atoms with Gasteiger partial charge in [0.25, 0.3) is 0 Å². The molecule has 4 nitrogen and oxygen atoms in total. The Hall–Kier alpha value is -0.160. The Kier molecular flexibility index (Phi) is 5.22. The van der Waals surface area contributed by atoms with E-state index in [2.05, 4.69) is 17.1 Å². The first-order valence-electron chi connectivity index (χ1n) is 6.95. The largest absolute Gasteiger partial charge is 0.396 e. The highest BCUT2D eigenvalue weighted by Crippen LogP contribution is 2.20. The Balaban J connectivity index is 1.75. The maximum absolute atomic E-state index is 9.25. The van der Waals surface area contributed by atoms with Crippen LogP contribution in [-0.2, 0) is 4.74 Å². The first-order chi connectivity index (χ1) is 8.29. The number of ether oxygens (including phenoxy) is 1. The normalized spacial score (nSPS) is 33.5. The van der Waals surface area contributed by atoms with Gasteiger partial charge >= 0.3 is 0 Å². The van der Waals surface area contributed by atoms with Crippen LogP contribution in [-0.4, -0.2) is 61.5 Å². The SMILES string of the molecule is CC(CC1COCCN1)N1CCCC(CO)C1. The maximum Gasteiger partial charge on any atom is 0.0620 e. The van der Waals surface area contributed by atoms with Gasteiger partial charge in [0.15, 0.2) is 0 Å². The predicted octanol–water partition coefficient (Wildman–Crippen LogP) is 0.458. The summed E-state index contributed by atoms with van der Waals surface area (Å²) in [5.74, 6) is 0.488. The van der Waals surface area contributed by atoms with Gasteiger partial charge in [-0.15, -0.1) is 0 Å². The van der Waals surface area contributed by atoms with Gasteiger partial charge < -0.3 is 20.1 Å². The molecule has 0 radical (unpaired) electrons. The van der Waals surface area contributed by atoms with Crippen LogP contribution in [0, 0.1) is 5.92 Å². The van der Waals surface area contributed by atoms with E-state index in [9.17, 15) is 5.11 Å². The fourth-order valence-corrected chi connectivity index (χ4v) is 2.98. The van der Waals surface area contributed by atoms with Gasteiger partial charge in [-0.05, 0) is 38.6 Å². The van der Waals surface area contributed by atoms with Crippen molar-refractivity contribution in [2.45, 2.75) is 38.3 Å². The van der Waals surface area contributed by atoms with E-state index < -0.39 is 0 Å². The number of nitrogens with one attached hydrogen (secondary N) is 1. The van der Waals surface area contributed by atoms with Crippen molar-refractivity contribution in [3.63, 3.8) is 0 Å². The molecule has 0 saturated carbocycles. The third-order valence-electron chi connectivity index (χ3n) is 4.06. The molecule has 4 heteroatoms. The van der Waals surface area contributed by atoms with Crippen LogP contribution in [0.5, 0.6) is 0 Å². The lowest BCUT2D eigenvalue weighted by Crippen LogP contribution is -2.48. The molecule has 2 heterocycles. The van der Waals surface area contributed by atoms with E-state index in [0.717, 1.165) is 32.7 Å². The molecule has 2 fully saturated rings. The number of piperidine rings is 1. The number of hydrogen-bond acceptors (Lipinski definition) is 4. The number of likely N-dealkylation sites (tertiary alicyclic amines) is 1. The Bertz CT molecular complexity index is 219. The molecule has 3 atom stereocenters. The fourth-order valence-electron chi connectivity index (χ4n) is 2.98. The van der Waals surface area contributed by atoms with Crippen LogP contribution in [0.25, 0.3) is 0 Å². The summed E-state index contributed by atoms with van der Waals surface area (Å²) in [5.41, 5.74) is 0. The summed E-state index contributed by atoms with van der Waals surface area (Å²) in [6, 6.07) is 1.09. The summed E-state index contributed by atoms with van der Waals surface area (Å²) < 4.78 is 5.49. The molecule has 0 aromatic carbocycles. The van der Waals surface area contributed by atoms with Gasteiger partial charge in [0.05, 0.1) is 13.2 Å². The minimum absolute atomic E-state index is 0.341. The molecule has 100 valence electrons. The van der Waals surface area contributed by atoms with Gasteiger partial charge in [0.2, 0.25) is 0 Å². The quantitative estimate of drug-likeness (QED) is 0.752. The highest BCUT2D eigenvalue weighted by molar-refractivity contribution is 4.81. The third-order valence-corrected chi connectivity index (χ3v) is 4.06. The van der Waals surface area contributed by atoms with Crippen molar-refractivity contribution in [1.82, 2.24) is 10.2 Å². The minimum atomic E-state index is 0.341. The van der Waals surface area contributed by atoms with Crippen LogP contribution in [0.15, 0.2) is 0 Å². The van der Waals surface area contributed by atoms with Crippen molar-refractivity contribution >= 4 is 0 Å². The van der Waals surface area contributed by atoms with Gasteiger partial charge in [0, 0.05) is 31.8 Å². The zero-order valence-corrected chi connectivity index (χ0v) is 10.9. The molecule has 2 aliphatic rings. The molecule has 0 aromatic rings. The first kappa shape index (κ1) is 13.3. The number of rotatable bonds is 4. The third kappa shape index (κ3) is 3.91. The highest BCUT2D eigenvalue weighted by Gasteiger charge is 2.25. The number of nitrogens with zero attached hydrogens (tertiary/aromatic N) is 1.